The summed E-state index contributed by atoms with van der Waals surface area (Å²) in [5.74, 6) is -0.589. The molecular weight excluding hydrogens is 347 g/mol. The summed E-state index contributed by atoms with van der Waals surface area (Å²) in [7, 11) is 0. The summed E-state index contributed by atoms with van der Waals surface area (Å²) >= 11 is 6.39. The van der Waals surface area contributed by atoms with Crippen molar-refractivity contribution in [1.82, 2.24) is 9.80 Å². The second-order valence-electron chi connectivity index (χ2n) is 5.69. The van der Waals surface area contributed by atoms with Crippen LogP contribution in [0.5, 0.6) is 0 Å². The Balaban J connectivity index is 1.66. The van der Waals surface area contributed by atoms with Crippen LogP contribution in [0.4, 0.5) is 4.39 Å². The van der Waals surface area contributed by atoms with E-state index >= 15 is 0 Å². The zero-order chi connectivity index (χ0) is 17.1. The van der Waals surface area contributed by atoms with Crippen LogP contribution in [0.15, 0.2) is 29.2 Å². The number of likely N-dealkylation sites (tertiary alicyclic amines) is 1. The maximum Gasteiger partial charge on any atom is 0.266 e. The number of thioether (sulfide) groups is 1. The fourth-order valence-corrected chi connectivity index (χ4v) is 4.06. The summed E-state index contributed by atoms with van der Waals surface area (Å²) in [5.41, 5.74) is 0.353. The lowest BCUT2D eigenvalue weighted by atomic mass is 10.2. The molecule has 0 unspecified atom stereocenters. The number of halogens is 1. The number of amides is 2. The molecule has 1 aromatic carbocycles. The van der Waals surface area contributed by atoms with E-state index in [9.17, 15) is 14.0 Å². The molecule has 2 aliphatic heterocycles. The molecule has 0 bridgehead atoms. The van der Waals surface area contributed by atoms with Gasteiger partial charge in [-0.2, -0.15) is 0 Å². The van der Waals surface area contributed by atoms with E-state index in [4.69, 9.17) is 12.2 Å². The summed E-state index contributed by atoms with van der Waals surface area (Å²) < 4.78 is 14.1. The molecule has 2 fully saturated rings. The van der Waals surface area contributed by atoms with Crippen molar-refractivity contribution in [3.8, 4) is 0 Å². The van der Waals surface area contributed by atoms with Gasteiger partial charge in [-0.15, -0.1) is 0 Å². The van der Waals surface area contributed by atoms with Crippen LogP contribution in [0.25, 0.3) is 6.08 Å². The van der Waals surface area contributed by atoms with Crippen LogP contribution in [-0.2, 0) is 9.59 Å². The molecule has 0 atom stereocenters. The third kappa shape index (κ3) is 3.67. The van der Waals surface area contributed by atoms with E-state index < -0.39 is 0 Å². The van der Waals surface area contributed by atoms with E-state index in [1.54, 1.807) is 18.2 Å². The molecule has 0 spiro atoms. The standard InChI is InChI=1S/C17H17FN2O2S2/c18-13-6-2-1-5-12(13)11-14-16(22)20(17(23)24-14)10-7-15(21)19-8-3-4-9-19/h1-2,5-6,11H,3-4,7-10H2/b14-11-. The average molecular weight is 364 g/mol. The van der Waals surface area contributed by atoms with Gasteiger partial charge in [-0.3, -0.25) is 14.5 Å². The highest BCUT2D eigenvalue weighted by atomic mass is 32.2. The Morgan fingerprint density at radius 2 is 2.00 bits per heavy atom. The zero-order valence-electron chi connectivity index (χ0n) is 13.0. The van der Waals surface area contributed by atoms with Crippen LogP contribution in [0.1, 0.15) is 24.8 Å². The van der Waals surface area contributed by atoms with Gasteiger partial charge in [0.25, 0.3) is 5.91 Å². The molecule has 1 aromatic rings. The van der Waals surface area contributed by atoms with Gasteiger partial charge in [0.1, 0.15) is 10.1 Å². The molecule has 2 heterocycles. The van der Waals surface area contributed by atoms with E-state index in [0.29, 0.717) is 14.8 Å². The Kier molecular flexibility index (Phi) is 5.30. The first kappa shape index (κ1) is 17.1. The highest BCUT2D eigenvalue weighted by Crippen LogP contribution is 2.33. The van der Waals surface area contributed by atoms with Crippen molar-refractivity contribution in [2.45, 2.75) is 19.3 Å². The van der Waals surface area contributed by atoms with Gasteiger partial charge in [0.05, 0.1) is 4.91 Å². The first-order valence-electron chi connectivity index (χ1n) is 7.84. The fourth-order valence-electron chi connectivity index (χ4n) is 2.76. The third-order valence-corrected chi connectivity index (χ3v) is 5.45. The average Bonchev–Trinajstić information content (AvgIpc) is 3.18. The fraction of sp³-hybridized carbons (Fsp3) is 0.353. The Morgan fingerprint density at radius 1 is 1.29 bits per heavy atom. The van der Waals surface area contributed by atoms with E-state index in [1.165, 1.54) is 17.0 Å². The molecule has 2 saturated heterocycles. The van der Waals surface area contributed by atoms with Crippen molar-refractivity contribution in [3.63, 3.8) is 0 Å². The number of benzene rings is 1. The van der Waals surface area contributed by atoms with Crippen LogP contribution < -0.4 is 0 Å². The smallest absolute Gasteiger partial charge is 0.266 e. The van der Waals surface area contributed by atoms with Crippen LogP contribution in [0.3, 0.4) is 0 Å². The molecule has 3 rings (SSSR count). The highest BCUT2D eigenvalue weighted by Gasteiger charge is 2.32. The lowest BCUT2D eigenvalue weighted by Gasteiger charge is -2.18. The molecule has 0 aromatic heterocycles. The number of hydrogen-bond acceptors (Lipinski definition) is 4. The van der Waals surface area contributed by atoms with Crippen molar-refractivity contribution < 1.29 is 14.0 Å². The normalized spacial score (nSPS) is 19.6. The monoisotopic (exact) mass is 364 g/mol. The van der Waals surface area contributed by atoms with E-state index in [2.05, 4.69) is 0 Å². The summed E-state index contributed by atoms with van der Waals surface area (Å²) in [6.45, 7) is 1.86. The van der Waals surface area contributed by atoms with Crippen molar-refractivity contribution in [3.05, 3.63) is 40.6 Å². The van der Waals surface area contributed by atoms with Crippen LogP contribution in [0, 0.1) is 5.82 Å². The van der Waals surface area contributed by atoms with E-state index in [0.717, 1.165) is 37.7 Å². The molecule has 2 amide bonds. The van der Waals surface area contributed by atoms with Crippen molar-refractivity contribution in [1.29, 1.82) is 0 Å². The second kappa shape index (κ2) is 7.44. The van der Waals surface area contributed by atoms with E-state index in [-0.39, 0.29) is 30.6 Å². The molecule has 7 heteroatoms. The molecule has 0 N–H and O–H groups in total. The first-order chi connectivity index (χ1) is 11.6. The Hall–Kier alpha value is -1.73. The maximum atomic E-state index is 13.7. The minimum Gasteiger partial charge on any atom is -0.343 e. The number of nitrogens with zero attached hydrogens (tertiary/aromatic N) is 2. The van der Waals surface area contributed by atoms with Crippen molar-refractivity contribution in [2.24, 2.45) is 0 Å². The molecule has 0 aliphatic carbocycles. The van der Waals surface area contributed by atoms with Gasteiger partial charge in [-0.05, 0) is 25.0 Å². The predicted molar refractivity (Wildman–Crippen MR) is 96.7 cm³/mol. The van der Waals surface area contributed by atoms with Gasteiger partial charge in [0.15, 0.2) is 0 Å². The molecule has 24 heavy (non-hydrogen) atoms. The maximum absolute atomic E-state index is 13.7. The lowest BCUT2D eigenvalue weighted by Crippen LogP contribution is -2.34. The highest BCUT2D eigenvalue weighted by molar-refractivity contribution is 8.26. The molecule has 2 aliphatic rings. The summed E-state index contributed by atoms with van der Waals surface area (Å²) in [5, 5.41) is 0. The van der Waals surface area contributed by atoms with Gasteiger partial charge in [-0.25, -0.2) is 4.39 Å². The van der Waals surface area contributed by atoms with Gasteiger partial charge in [-0.1, -0.05) is 42.2 Å². The largest absolute Gasteiger partial charge is 0.343 e. The summed E-state index contributed by atoms with van der Waals surface area (Å²) in [4.78, 5) is 28.2. The third-order valence-electron chi connectivity index (χ3n) is 4.07. The van der Waals surface area contributed by atoms with E-state index in [1.807, 2.05) is 4.90 Å². The Labute approximate surface area is 149 Å². The van der Waals surface area contributed by atoms with Gasteiger partial charge in [0.2, 0.25) is 5.91 Å². The van der Waals surface area contributed by atoms with Crippen LogP contribution >= 0.6 is 24.0 Å². The summed E-state index contributed by atoms with van der Waals surface area (Å²) in [6.07, 6.45) is 3.85. The molecule has 126 valence electrons. The quantitative estimate of drug-likeness (QED) is 0.608. The number of carbonyl (C=O) groups is 2. The first-order valence-corrected chi connectivity index (χ1v) is 9.06. The molecule has 0 saturated carbocycles. The molecule has 4 nitrogen and oxygen atoms in total. The number of rotatable bonds is 4. The molecule has 0 radical (unpaired) electrons. The van der Waals surface area contributed by atoms with Crippen molar-refractivity contribution >= 4 is 46.2 Å². The minimum atomic E-state index is -0.382. The van der Waals surface area contributed by atoms with Gasteiger partial charge in [0, 0.05) is 31.6 Å². The number of hydrogen-bond donors (Lipinski definition) is 0. The predicted octanol–water partition coefficient (Wildman–Crippen LogP) is 3.04. The minimum absolute atomic E-state index is 0.0552. The zero-order valence-corrected chi connectivity index (χ0v) is 14.7. The summed E-state index contributed by atoms with van der Waals surface area (Å²) in [6, 6.07) is 6.27. The van der Waals surface area contributed by atoms with Gasteiger partial charge >= 0.3 is 0 Å². The van der Waals surface area contributed by atoms with Gasteiger partial charge < -0.3 is 4.90 Å². The SMILES string of the molecule is O=C(CCN1C(=O)/C(=C/c2ccccc2F)SC1=S)N1CCCC1. The second-order valence-corrected chi connectivity index (χ2v) is 7.37. The Morgan fingerprint density at radius 3 is 2.71 bits per heavy atom. The van der Waals surface area contributed by atoms with Crippen LogP contribution in [-0.4, -0.2) is 45.6 Å². The lowest BCUT2D eigenvalue weighted by molar-refractivity contribution is -0.130. The van der Waals surface area contributed by atoms with Crippen LogP contribution in [0.2, 0.25) is 0 Å². The van der Waals surface area contributed by atoms with Crippen molar-refractivity contribution in [2.75, 3.05) is 19.6 Å². The number of carbonyl (C=O) groups excluding carboxylic acids is 2. The Bertz CT molecular complexity index is 714. The topological polar surface area (TPSA) is 40.6 Å². The molecular formula is C17H17FN2O2S2. The number of thiocarbonyl (C=S) groups is 1.